The summed E-state index contributed by atoms with van der Waals surface area (Å²) in [6, 6.07) is 2.68. The highest BCUT2D eigenvalue weighted by Crippen LogP contribution is 2.12. The van der Waals surface area contributed by atoms with Gasteiger partial charge < -0.3 is 10.6 Å². The summed E-state index contributed by atoms with van der Waals surface area (Å²) in [6.45, 7) is 9.35. The van der Waals surface area contributed by atoms with Crippen molar-refractivity contribution in [1.82, 2.24) is 4.90 Å². The standard InChI is InChI=1S/C12H25N3/c1-10(2)8-11(3)15(5)7-6-12(4,14)9-13/h10-11H,6-8,14H2,1-5H3. The van der Waals surface area contributed by atoms with Crippen molar-refractivity contribution in [2.24, 2.45) is 11.7 Å². The molecule has 2 atom stereocenters. The van der Waals surface area contributed by atoms with Gasteiger partial charge >= 0.3 is 0 Å². The molecular weight excluding hydrogens is 186 g/mol. The van der Waals surface area contributed by atoms with Crippen LogP contribution in [0.25, 0.3) is 0 Å². The molecule has 0 radical (unpaired) electrons. The van der Waals surface area contributed by atoms with Gasteiger partial charge in [0.05, 0.1) is 6.07 Å². The Labute approximate surface area is 94.2 Å². The first-order valence-electron chi connectivity index (χ1n) is 5.69. The summed E-state index contributed by atoms with van der Waals surface area (Å²) >= 11 is 0. The van der Waals surface area contributed by atoms with Gasteiger partial charge in [-0.3, -0.25) is 0 Å². The minimum absolute atomic E-state index is 0.555. The van der Waals surface area contributed by atoms with Gasteiger partial charge in [0.1, 0.15) is 5.54 Å². The molecule has 2 N–H and O–H groups in total. The number of hydrogen-bond donors (Lipinski definition) is 1. The largest absolute Gasteiger partial charge is 0.314 e. The lowest BCUT2D eigenvalue weighted by Gasteiger charge is -2.28. The lowest BCUT2D eigenvalue weighted by molar-refractivity contribution is 0.216. The first-order valence-corrected chi connectivity index (χ1v) is 5.69. The van der Waals surface area contributed by atoms with Crippen molar-refractivity contribution < 1.29 is 0 Å². The van der Waals surface area contributed by atoms with E-state index < -0.39 is 5.54 Å². The lowest BCUT2D eigenvalue weighted by atomic mass is 10.00. The quantitative estimate of drug-likeness (QED) is 0.731. The van der Waals surface area contributed by atoms with E-state index in [1.807, 2.05) is 0 Å². The Balaban J connectivity index is 3.94. The summed E-state index contributed by atoms with van der Waals surface area (Å²) in [4.78, 5) is 2.28. The van der Waals surface area contributed by atoms with Crippen LogP contribution in [0.4, 0.5) is 0 Å². The van der Waals surface area contributed by atoms with Crippen molar-refractivity contribution in [2.75, 3.05) is 13.6 Å². The van der Waals surface area contributed by atoms with Crippen LogP contribution in [0, 0.1) is 17.2 Å². The van der Waals surface area contributed by atoms with E-state index in [2.05, 4.69) is 38.8 Å². The van der Waals surface area contributed by atoms with Crippen LogP contribution in [-0.2, 0) is 0 Å². The van der Waals surface area contributed by atoms with Crippen LogP contribution < -0.4 is 5.73 Å². The predicted molar refractivity (Wildman–Crippen MR) is 64.4 cm³/mol. The highest BCUT2D eigenvalue weighted by atomic mass is 15.1. The number of rotatable bonds is 6. The summed E-state index contributed by atoms with van der Waals surface area (Å²) in [5.41, 5.74) is 5.09. The first kappa shape index (κ1) is 14.4. The molecule has 3 heteroatoms. The summed E-state index contributed by atoms with van der Waals surface area (Å²) in [5.74, 6) is 0.711. The topological polar surface area (TPSA) is 53.0 Å². The van der Waals surface area contributed by atoms with Crippen molar-refractivity contribution in [3.63, 3.8) is 0 Å². The van der Waals surface area contributed by atoms with Crippen molar-refractivity contribution in [3.8, 4) is 6.07 Å². The van der Waals surface area contributed by atoms with Crippen LogP contribution in [0.5, 0.6) is 0 Å². The smallest absolute Gasteiger partial charge is 0.102 e. The fraction of sp³-hybridized carbons (Fsp3) is 0.917. The second-order valence-corrected chi connectivity index (χ2v) is 5.24. The molecule has 0 saturated carbocycles. The van der Waals surface area contributed by atoms with Crippen molar-refractivity contribution in [3.05, 3.63) is 0 Å². The van der Waals surface area contributed by atoms with Crippen LogP contribution in [0.1, 0.15) is 40.5 Å². The van der Waals surface area contributed by atoms with Gasteiger partial charge in [-0.15, -0.1) is 0 Å². The van der Waals surface area contributed by atoms with Gasteiger partial charge in [-0.25, -0.2) is 0 Å². The van der Waals surface area contributed by atoms with Gasteiger partial charge in [-0.05, 0) is 39.7 Å². The van der Waals surface area contributed by atoms with E-state index in [0.29, 0.717) is 12.0 Å². The van der Waals surface area contributed by atoms with E-state index in [1.54, 1.807) is 6.92 Å². The number of nitrogens with zero attached hydrogens (tertiary/aromatic N) is 2. The molecule has 0 aromatic heterocycles. The van der Waals surface area contributed by atoms with Crippen LogP contribution in [0.3, 0.4) is 0 Å². The van der Waals surface area contributed by atoms with Crippen LogP contribution in [0.15, 0.2) is 0 Å². The Kier molecular flexibility index (Phi) is 5.85. The summed E-state index contributed by atoms with van der Waals surface area (Å²) in [5, 5.41) is 8.80. The molecule has 0 fully saturated rings. The van der Waals surface area contributed by atoms with Gasteiger partial charge in [-0.1, -0.05) is 13.8 Å². The third kappa shape index (κ3) is 6.48. The van der Waals surface area contributed by atoms with Crippen LogP contribution in [-0.4, -0.2) is 30.1 Å². The SMILES string of the molecule is CC(C)CC(C)N(C)CCC(C)(N)C#N. The van der Waals surface area contributed by atoms with E-state index in [4.69, 9.17) is 11.0 Å². The summed E-state index contributed by atoms with van der Waals surface area (Å²) in [7, 11) is 2.10. The minimum atomic E-state index is -0.689. The Hall–Kier alpha value is -0.590. The fourth-order valence-electron chi connectivity index (χ4n) is 1.55. The number of hydrogen-bond acceptors (Lipinski definition) is 3. The van der Waals surface area contributed by atoms with E-state index in [9.17, 15) is 0 Å². The molecule has 0 aliphatic carbocycles. The predicted octanol–water partition coefficient (Wildman–Crippen LogP) is 1.98. The van der Waals surface area contributed by atoms with Gasteiger partial charge in [0.25, 0.3) is 0 Å². The molecule has 88 valence electrons. The summed E-state index contributed by atoms with van der Waals surface area (Å²) in [6.07, 6.45) is 1.91. The van der Waals surface area contributed by atoms with Gasteiger partial charge in [0, 0.05) is 12.6 Å². The minimum Gasteiger partial charge on any atom is -0.314 e. The van der Waals surface area contributed by atoms with Gasteiger partial charge in [0.2, 0.25) is 0 Å². The van der Waals surface area contributed by atoms with E-state index in [1.165, 1.54) is 6.42 Å². The second-order valence-electron chi connectivity index (χ2n) is 5.24. The third-order valence-electron chi connectivity index (χ3n) is 2.80. The highest BCUT2D eigenvalue weighted by Gasteiger charge is 2.19. The summed E-state index contributed by atoms with van der Waals surface area (Å²) < 4.78 is 0. The number of nitriles is 1. The molecule has 0 aliphatic rings. The van der Waals surface area contributed by atoms with Crippen LogP contribution >= 0.6 is 0 Å². The molecule has 0 amide bonds. The van der Waals surface area contributed by atoms with Crippen molar-refractivity contribution in [2.45, 2.75) is 52.1 Å². The molecule has 0 aromatic carbocycles. The van der Waals surface area contributed by atoms with Gasteiger partial charge in [0.15, 0.2) is 0 Å². The average Bonchev–Trinajstić information content (AvgIpc) is 2.13. The molecule has 2 unspecified atom stereocenters. The monoisotopic (exact) mass is 211 g/mol. The maximum absolute atomic E-state index is 8.80. The third-order valence-corrected chi connectivity index (χ3v) is 2.80. The van der Waals surface area contributed by atoms with E-state index in [-0.39, 0.29) is 0 Å². The van der Waals surface area contributed by atoms with E-state index in [0.717, 1.165) is 13.0 Å². The zero-order valence-electron chi connectivity index (χ0n) is 10.7. The fourth-order valence-corrected chi connectivity index (χ4v) is 1.55. The normalized spacial score (nSPS) is 17.5. The Morgan fingerprint density at radius 1 is 1.40 bits per heavy atom. The molecular formula is C12H25N3. The highest BCUT2D eigenvalue weighted by molar-refractivity contribution is 5.01. The number of nitrogens with two attached hydrogens (primary N) is 1. The lowest BCUT2D eigenvalue weighted by Crippen LogP contribution is -2.40. The Morgan fingerprint density at radius 3 is 2.33 bits per heavy atom. The Bertz CT molecular complexity index is 215. The zero-order valence-corrected chi connectivity index (χ0v) is 10.7. The Morgan fingerprint density at radius 2 is 1.93 bits per heavy atom. The van der Waals surface area contributed by atoms with Crippen LogP contribution in [0.2, 0.25) is 0 Å². The molecule has 3 nitrogen and oxygen atoms in total. The van der Waals surface area contributed by atoms with E-state index >= 15 is 0 Å². The molecule has 0 spiro atoms. The van der Waals surface area contributed by atoms with Crippen molar-refractivity contribution in [1.29, 1.82) is 5.26 Å². The maximum atomic E-state index is 8.80. The maximum Gasteiger partial charge on any atom is 0.102 e. The molecule has 0 rings (SSSR count). The molecule has 0 aliphatic heterocycles. The zero-order chi connectivity index (χ0) is 12.1. The molecule has 0 aromatic rings. The van der Waals surface area contributed by atoms with Crippen molar-refractivity contribution >= 4 is 0 Å². The second kappa shape index (κ2) is 6.09. The molecule has 0 saturated heterocycles. The molecule has 0 heterocycles. The first-order chi connectivity index (χ1) is 6.78. The molecule has 15 heavy (non-hydrogen) atoms. The molecule has 0 bridgehead atoms. The van der Waals surface area contributed by atoms with Gasteiger partial charge in [-0.2, -0.15) is 5.26 Å². The average molecular weight is 211 g/mol.